The summed E-state index contributed by atoms with van der Waals surface area (Å²) in [4.78, 5) is 23.9. The number of rotatable bonds is 3. The molecule has 0 aliphatic carbocycles. The zero-order chi connectivity index (χ0) is 14.4. The van der Waals surface area contributed by atoms with Gasteiger partial charge in [-0.2, -0.15) is 0 Å². The Kier molecular flexibility index (Phi) is 5.12. The van der Waals surface area contributed by atoms with Crippen molar-refractivity contribution in [2.24, 2.45) is 0 Å². The lowest BCUT2D eigenvalue weighted by atomic mass is 10.1. The predicted molar refractivity (Wildman–Crippen MR) is 76.7 cm³/mol. The fraction of sp³-hybridized carbons (Fsp3) is 0.467. The molecule has 1 heterocycles. The van der Waals surface area contributed by atoms with Crippen LogP contribution >= 0.6 is 0 Å². The molecule has 20 heavy (non-hydrogen) atoms. The number of ether oxygens (including phenoxy) is 1. The van der Waals surface area contributed by atoms with E-state index in [-0.39, 0.29) is 11.9 Å². The Labute approximate surface area is 118 Å². The zero-order valence-electron chi connectivity index (χ0n) is 11.6. The summed E-state index contributed by atoms with van der Waals surface area (Å²) >= 11 is 0. The summed E-state index contributed by atoms with van der Waals surface area (Å²) in [6, 6.07) is 6.68. The molecule has 0 spiro atoms. The molecule has 0 radical (unpaired) electrons. The van der Waals surface area contributed by atoms with Gasteiger partial charge in [0.25, 0.3) is 0 Å². The number of esters is 1. The Morgan fingerprint density at radius 3 is 2.85 bits per heavy atom. The van der Waals surface area contributed by atoms with E-state index in [0.717, 1.165) is 32.2 Å². The number of para-hydroxylation sites is 1. The molecule has 0 saturated carbocycles. The maximum absolute atomic E-state index is 12.3. The third-order valence-electron chi connectivity index (χ3n) is 3.47. The minimum Gasteiger partial charge on any atom is -0.465 e. The average Bonchev–Trinajstić information content (AvgIpc) is 2.76. The Bertz CT molecular complexity index is 480. The Hall–Kier alpha value is -1.88. The number of anilines is 1. The van der Waals surface area contributed by atoms with Gasteiger partial charge in [-0.3, -0.25) is 4.79 Å². The molecule has 108 valence electrons. The lowest BCUT2D eigenvalue weighted by Gasteiger charge is -2.16. The van der Waals surface area contributed by atoms with Crippen LogP contribution in [0.2, 0.25) is 0 Å². The van der Waals surface area contributed by atoms with Crippen LogP contribution in [0.3, 0.4) is 0 Å². The Morgan fingerprint density at radius 2 is 2.05 bits per heavy atom. The Balaban J connectivity index is 2.09. The Morgan fingerprint density at radius 1 is 1.25 bits per heavy atom. The van der Waals surface area contributed by atoms with Gasteiger partial charge in [0, 0.05) is 0 Å². The smallest absolute Gasteiger partial charge is 0.339 e. The summed E-state index contributed by atoms with van der Waals surface area (Å²) in [5, 5.41) is 6.06. The molecule has 1 aliphatic rings. The van der Waals surface area contributed by atoms with Crippen molar-refractivity contribution in [2.75, 3.05) is 19.0 Å². The second kappa shape index (κ2) is 7.05. The van der Waals surface area contributed by atoms with Crippen LogP contribution in [0, 0.1) is 0 Å². The summed E-state index contributed by atoms with van der Waals surface area (Å²) in [5.74, 6) is -0.544. The van der Waals surface area contributed by atoms with Gasteiger partial charge in [0.05, 0.1) is 24.4 Å². The number of amides is 1. The fourth-order valence-corrected chi connectivity index (χ4v) is 2.35. The van der Waals surface area contributed by atoms with Gasteiger partial charge >= 0.3 is 5.97 Å². The molecule has 1 aliphatic heterocycles. The van der Waals surface area contributed by atoms with Crippen molar-refractivity contribution in [3.8, 4) is 0 Å². The van der Waals surface area contributed by atoms with Crippen molar-refractivity contribution in [1.29, 1.82) is 0 Å². The van der Waals surface area contributed by atoms with Crippen LogP contribution in [0.15, 0.2) is 24.3 Å². The first kappa shape index (κ1) is 14.5. The van der Waals surface area contributed by atoms with E-state index in [4.69, 9.17) is 4.74 Å². The van der Waals surface area contributed by atoms with Crippen molar-refractivity contribution in [3.05, 3.63) is 29.8 Å². The maximum atomic E-state index is 12.3. The van der Waals surface area contributed by atoms with Gasteiger partial charge in [-0.1, -0.05) is 25.0 Å². The lowest BCUT2D eigenvalue weighted by Crippen LogP contribution is -2.40. The molecule has 1 fully saturated rings. The molecule has 0 bridgehead atoms. The standard InChI is InChI=1S/C15H20N2O3/c1-20-15(19)11-7-4-5-8-12(11)17-14(18)13-9-3-2-6-10-16-13/h4-5,7-8,13,16H,2-3,6,9-10H2,1H3,(H,17,18). The first-order chi connectivity index (χ1) is 9.72. The van der Waals surface area contributed by atoms with Gasteiger partial charge in [-0.25, -0.2) is 4.79 Å². The highest BCUT2D eigenvalue weighted by molar-refractivity contribution is 6.02. The van der Waals surface area contributed by atoms with E-state index in [1.165, 1.54) is 7.11 Å². The quantitative estimate of drug-likeness (QED) is 0.828. The number of hydrogen-bond donors (Lipinski definition) is 2. The summed E-state index contributed by atoms with van der Waals surface area (Å²) < 4.78 is 4.72. The largest absolute Gasteiger partial charge is 0.465 e. The third kappa shape index (κ3) is 3.57. The van der Waals surface area contributed by atoms with Crippen LogP contribution in [0.4, 0.5) is 5.69 Å². The molecule has 1 amide bonds. The highest BCUT2D eigenvalue weighted by Gasteiger charge is 2.21. The van der Waals surface area contributed by atoms with Crippen molar-refractivity contribution >= 4 is 17.6 Å². The predicted octanol–water partition coefficient (Wildman–Crippen LogP) is 1.94. The summed E-state index contributed by atoms with van der Waals surface area (Å²) in [5.41, 5.74) is 0.868. The van der Waals surface area contributed by atoms with Gasteiger partial charge < -0.3 is 15.4 Å². The fourth-order valence-electron chi connectivity index (χ4n) is 2.35. The van der Waals surface area contributed by atoms with E-state index in [0.29, 0.717) is 11.3 Å². The molecule has 1 aromatic carbocycles. The molecule has 1 saturated heterocycles. The SMILES string of the molecule is COC(=O)c1ccccc1NC(=O)C1CCCCCN1. The molecule has 1 aromatic rings. The second-order valence-corrected chi connectivity index (χ2v) is 4.88. The molecule has 1 unspecified atom stereocenters. The van der Waals surface area contributed by atoms with Gasteiger partial charge in [0.1, 0.15) is 0 Å². The van der Waals surface area contributed by atoms with Crippen LogP contribution in [-0.2, 0) is 9.53 Å². The lowest BCUT2D eigenvalue weighted by molar-refractivity contribution is -0.118. The molecule has 5 nitrogen and oxygen atoms in total. The van der Waals surface area contributed by atoms with Crippen LogP contribution < -0.4 is 10.6 Å². The van der Waals surface area contributed by atoms with E-state index in [1.54, 1.807) is 24.3 Å². The van der Waals surface area contributed by atoms with Gasteiger partial charge in [-0.15, -0.1) is 0 Å². The highest BCUT2D eigenvalue weighted by Crippen LogP contribution is 2.17. The van der Waals surface area contributed by atoms with Crippen molar-refractivity contribution in [2.45, 2.75) is 31.7 Å². The monoisotopic (exact) mass is 276 g/mol. The van der Waals surface area contributed by atoms with Crippen LogP contribution in [0.1, 0.15) is 36.0 Å². The molecule has 1 atom stereocenters. The minimum absolute atomic E-state index is 0.0942. The molecule has 5 heteroatoms. The van der Waals surface area contributed by atoms with Gasteiger partial charge in [-0.05, 0) is 31.5 Å². The van der Waals surface area contributed by atoms with E-state index < -0.39 is 5.97 Å². The number of carbonyl (C=O) groups is 2. The normalized spacial score (nSPS) is 18.9. The number of hydrogen-bond acceptors (Lipinski definition) is 4. The van der Waals surface area contributed by atoms with Crippen LogP contribution in [0.25, 0.3) is 0 Å². The zero-order valence-corrected chi connectivity index (χ0v) is 11.6. The molecular weight excluding hydrogens is 256 g/mol. The van der Waals surface area contributed by atoms with Crippen molar-refractivity contribution in [3.63, 3.8) is 0 Å². The van der Waals surface area contributed by atoms with E-state index in [1.807, 2.05) is 0 Å². The first-order valence-electron chi connectivity index (χ1n) is 6.94. The summed E-state index contributed by atoms with van der Waals surface area (Å²) in [7, 11) is 1.33. The molecule has 2 N–H and O–H groups in total. The van der Waals surface area contributed by atoms with E-state index >= 15 is 0 Å². The molecule has 2 rings (SSSR count). The second-order valence-electron chi connectivity index (χ2n) is 4.88. The maximum Gasteiger partial charge on any atom is 0.339 e. The summed E-state index contributed by atoms with van der Waals surface area (Å²) in [6.45, 7) is 0.858. The molecule has 0 aromatic heterocycles. The number of nitrogens with one attached hydrogen (secondary N) is 2. The number of methoxy groups -OCH3 is 1. The van der Waals surface area contributed by atoms with E-state index in [9.17, 15) is 9.59 Å². The average molecular weight is 276 g/mol. The van der Waals surface area contributed by atoms with Crippen molar-refractivity contribution in [1.82, 2.24) is 5.32 Å². The number of carbonyl (C=O) groups excluding carboxylic acids is 2. The topological polar surface area (TPSA) is 67.4 Å². The van der Waals surface area contributed by atoms with Gasteiger partial charge in [0.2, 0.25) is 5.91 Å². The highest BCUT2D eigenvalue weighted by atomic mass is 16.5. The number of benzene rings is 1. The first-order valence-corrected chi connectivity index (χ1v) is 6.94. The third-order valence-corrected chi connectivity index (χ3v) is 3.47. The minimum atomic E-state index is -0.449. The molecular formula is C15H20N2O3. The van der Waals surface area contributed by atoms with Crippen LogP contribution in [0.5, 0.6) is 0 Å². The van der Waals surface area contributed by atoms with E-state index in [2.05, 4.69) is 10.6 Å². The summed E-state index contributed by atoms with van der Waals surface area (Å²) in [6.07, 6.45) is 4.12. The van der Waals surface area contributed by atoms with Gasteiger partial charge in [0.15, 0.2) is 0 Å². The van der Waals surface area contributed by atoms with Crippen molar-refractivity contribution < 1.29 is 14.3 Å². The van der Waals surface area contributed by atoms with Crippen LogP contribution in [-0.4, -0.2) is 31.6 Å².